The topological polar surface area (TPSA) is 52.0 Å². The highest BCUT2D eigenvalue weighted by Crippen LogP contribution is 2.36. The van der Waals surface area contributed by atoms with E-state index in [9.17, 15) is 0 Å². The third-order valence-electron chi connectivity index (χ3n) is 5.68. The van der Waals surface area contributed by atoms with E-state index in [1.165, 1.54) is 5.56 Å². The van der Waals surface area contributed by atoms with Gasteiger partial charge >= 0.3 is 0 Å². The molecule has 1 N–H and O–H groups in total. The van der Waals surface area contributed by atoms with Crippen LogP contribution in [0.15, 0.2) is 18.2 Å². The molecule has 1 atom stereocenters. The number of hydrogen-bond acceptors (Lipinski definition) is 4. The van der Waals surface area contributed by atoms with Crippen LogP contribution in [0.3, 0.4) is 0 Å². The molecule has 2 heterocycles. The number of halogens is 1. The van der Waals surface area contributed by atoms with Crippen LogP contribution >= 0.6 is 11.6 Å². The number of nitrogens with one attached hydrogen (secondary N) is 1. The van der Waals surface area contributed by atoms with Crippen molar-refractivity contribution in [3.05, 3.63) is 40.4 Å². The Balaban J connectivity index is 1.57. The number of fused-ring (bicyclic) bond motifs is 3. The lowest BCUT2D eigenvalue weighted by Crippen LogP contribution is -2.25. The van der Waals surface area contributed by atoms with Crippen LogP contribution in [0.4, 0.5) is 0 Å². The van der Waals surface area contributed by atoms with Gasteiger partial charge in [-0.3, -0.25) is 4.57 Å². The van der Waals surface area contributed by atoms with Crippen LogP contribution in [0.25, 0.3) is 5.69 Å². The summed E-state index contributed by atoms with van der Waals surface area (Å²) in [6.45, 7) is 5.87. The lowest BCUT2D eigenvalue weighted by Gasteiger charge is -2.30. The van der Waals surface area contributed by atoms with E-state index < -0.39 is 0 Å². The fraction of sp³-hybridized carbons (Fsp3) is 0.600. The molecule has 0 radical (unpaired) electrons. The summed E-state index contributed by atoms with van der Waals surface area (Å²) in [5, 5.41) is 13.3. The minimum atomic E-state index is 0.351. The van der Waals surface area contributed by atoms with Crippen LogP contribution in [0.5, 0.6) is 0 Å². The number of hydrogen-bond donors (Lipinski definition) is 1. The molecule has 1 unspecified atom stereocenters. The number of ether oxygens (including phenoxy) is 1. The van der Waals surface area contributed by atoms with Gasteiger partial charge < -0.3 is 10.1 Å². The summed E-state index contributed by atoms with van der Waals surface area (Å²) in [6.07, 6.45) is 6.23. The van der Waals surface area contributed by atoms with Crippen molar-refractivity contribution in [2.75, 3.05) is 0 Å². The first-order valence-electron chi connectivity index (χ1n) is 9.75. The van der Waals surface area contributed by atoms with E-state index >= 15 is 0 Å². The fourth-order valence-electron chi connectivity index (χ4n) is 4.08. The van der Waals surface area contributed by atoms with E-state index in [0.717, 1.165) is 67.6 Å². The van der Waals surface area contributed by atoms with E-state index in [1.807, 2.05) is 12.1 Å². The third kappa shape index (κ3) is 3.53. The highest BCUT2D eigenvalue weighted by atomic mass is 35.5. The molecule has 1 aromatic carbocycles. The van der Waals surface area contributed by atoms with Crippen LogP contribution < -0.4 is 5.32 Å². The average molecular weight is 375 g/mol. The maximum Gasteiger partial charge on any atom is 0.151 e. The van der Waals surface area contributed by atoms with Gasteiger partial charge in [0.15, 0.2) is 5.82 Å². The van der Waals surface area contributed by atoms with E-state index in [-0.39, 0.29) is 0 Å². The Labute approximate surface area is 160 Å². The monoisotopic (exact) mass is 374 g/mol. The maximum absolute atomic E-state index is 6.21. The van der Waals surface area contributed by atoms with Gasteiger partial charge in [-0.2, -0.15) is 0 Å². The molecular formula is C20H27ClN4O. The molecule has 2 aromatic rings. The largest absolute Gasteiger partial charge is 0.375 e. The van der Waals surface area contributed by atoms with Gasteiger partial charge in [-0.25, -0.2) is 0 Å². The summed E-state index contributed by atoms with van der Waals surface area (Å²) in [7, 11) is 0. The van der Waals surface area contributed by atoms with Crippen molar-refractivity contribution in [1.82, 2.24) is 20.1 Å². The molecule has 1 aliphatic heterocycles. The van der Waals surface area contributed by atoms with Crippen LogP contribution in [0, 0.1) is 0 Å². The highest BCUT2D eigenvalue weighted by molar-refractivity contribution is 6.30. The molecule has 0 bridgehead atoms. The van der Waals surface area contributed by atoms with Crippen molar-refractivity contribution in [2.24, 2.45) is 0 Å². The first-order valence-corrected chi connectivity index (χ1v) is 10.1. The molecule has 140 valence electrons. The lowest BCUT2D eigenvalue weighted by atomic mass is 9.86. The molecule has 0 saturated heterocycles. The van der Waals surface area contributed by atoms with Gasteiger partial charge in [-0.1, -0.05) is 18.5 Å². The first kappa shape index (κ1) is 18.0. The standard InChI is InChI=1S/C20H27ClN4O/c1-3-13(2)26-17-7-4-14(5-8-17)20-24-23-19-12-22-11-15-10-16(21)6-9-18(15)25(19)20/h6,9-10,13-14,17,22H,3-5,7-8,11-12H2,1-2H3/t13?,14-,17-. The van der Waals surface area contributed by atoms with Crippen molar-refractivity contribution in [3.8, 4) is 5.69 Å². The number of aromatic nitrogens is 3. The number of benzene rings is 1. The van der Waals surface area contributed by atoms with Crippen LogP contribution in [0.2, 0.25) is 5.02 Å². The Morgan fingerprint density at radius 3 is 2.81 bits per heavy atom. The van der Waals surface area contributed by atoms with E-state index in [4.69, 9.17) is 16.3 Å². The first-order chi connectivity index (χ1) is 12.7. The average Bonchev–Trinajstić information content (AvgIpc) is 2.98. The summed E-state index contributed by atoms with van der Waals surface area (Å²) < 4.78 is 8.40. The second-order valence-electron chi connectivity index (χ2n) is 7.52. The van der Waals surface area contributed by atoms with E-state index in [1.54, 1.807) is 0 Å². The molecule has 1 aromatic heterocycles. The SMILES string of the molecule is CCC(C)O[C@H]1CC[C@H](c2nnc3n2-c2ccc(Cl)cc2CNC3)CC1. The predicted octanol–water partition coefficient (Wildman–Crippen LogP) is 4.37. The van der Waals surface area contributed by atoms with Crippen molar-refractivity contribution in [1.29, 1.82) is 0 Å². The summed E-state index contributed by atoms with van der Waals surface area (Å²) in [6, 6.07) is 6.09. The predicted molar refractivity (Wildman–Crippen MR) is 103 cm³/mol. The Bertz CT molecular complexity index is 767. The zero-order valence-electron chi connectivity index (χ0n) is 15.5. The van der Waals surface area contributed by atoms with Gasteiger partial charge in [0.05, 0.1) is 24.4 Å². The highest BCUT2D eigenvalue weighted by Gasteiger charge is 2.30. The molecule has 0 spiro atoms. The molecule has 5 nitrogen and oxygen atoms in total. The molecular weight excluding hydrogens is 348 g/mol. The maximum atomic E-state index is 6.21. The molecule has 6 heteroatoms. The zero-order chi connectivity index (χ0) is 18.1. The van der Waals surface area contributed by atoms with Gasteiger partial charge in [0.1, 0.15) is 5.82 Å². The molecule has 1 fully saturated rings. The minimum absolute atomic E-state index is 0.351. The molecule has 1 aliphatic carbocycles. The molecule has 4 rings (SSSR count). The van der Waals surface area contributed by atoms with Crippen LogP contribution in [-0.2, 0) is 17.8 Å². The second kappa shape index (κ2) is 7.67. The van der Waals surface area contributed by atoms with Crippen LogP contribution in [0.1, 0.15) is 69.1 Å². The number of rotatable bonds is 4. The van der Waals surface area contributed by atoms with Gasteiger partial charge in [-0.15, -0.1) is 10.2 Å². The Morgan fingerprint density at radius 2 is 2.04 bits per heavy atom. The van der Waals surface area contributed by atoms with Gasteiger partial charge in [0, 0.05) is 17.5 Å². The summed E-state index contributed by atoms with van der Waals surface area (Å²) in [5.74, 6) is 2.52. The summed E-state index contributed by atoms with van der Waals surface area (Å²) in [5.41, 5.74) is 2.36. The Hall–Kier alpha value is -1.43. The Kier molecular flexibility index (Phi) is 5.30. The Morgan fingerprint density at radius 1 is 1.23 bits per heavy atom. The van der Waals surface area contributed by atoms with Crippen molar-refractivity contribution >= 4 is 11.6 Å². The molecule has 26 heavy (non-hydrogen) atoms. The van der Waals surface area contributed by atoms with Crippen molar-refractivity contribution < 1.29 is 4.74 Å². The minimum Gasteiger partial charge on any atom is -0.375 e. The van der Waals surface area contributed by atoms with Crippen molar-refractivity contribution in [2.45, 2.75) is 77.2 Å². The van der Waals surface area contributed by atoms with E-state index in [0.29, 0.717) is 18.1 Å². The van der Waals surface area contributed by atoms with Crippen LogP contribution in [-0.4, -0.2) is 27.0 Å². The smallest absolute Gasteiger partial charge is 0.151 e. The molecule has 2 aliphatic rings. The quantitative estimate of drug-likeness (QED) is 0.863. The zero-order valence-corrected chi connectivity index (χ0v) is 16.3. The van der Waals surface area contributed by atoms with Gasteiger partial charge in [0.2, 0.25) is 0 Å². The third-order valence-corrected chi connectivity index (χ3v) is 5.91. The van der Waals surface area contributed by atoms with Crippen molar-refractivity contribution in [3.63, 3.8) is 0 Å². The second-order valence-corrected chi connectivity index (χ2v) is 7.95. The molecule has 1 saturated carbocycles. The number of nitrogens with zero attached hydrogens (tertiary/aromatic N) is 3. The summed E-state index contributed by atoms with van der Waals surface area (Å²) in [4.78, 5) is 0. The van der Waals surface area contributed by atoms with Gasteiger partial charge in [0.25, 0.3) is 0 Å². The fourth-order valence-corrected chi connectivity index (χ4v) is 4.27. The molecule has 0 amide bonds. The lowest BCUT2D eigenvalue weighted by molar-refractivity contribution is -0.0251. The van der Waals surface area contributed by atoms with E-state index in [2.05, 4.69) is 40.0 Å². The normalized spacial score (nSPS) is 23.8. The van der Waals surface area contributed by atoms with Gasteiger partial charge in [-0.05, 0) is 62.8 Å². The summed E-state index contributed by atoms with van der Waals surface area (Å²) >= 11 is 6.21.